The second-order valence-electron chi connectivity index (χ2n) is 5.01. The zero-order valence-corrected chi connectivity index (χ0v) is 11.9. The van der Waals surface area contributed by atoms with Crippen LogP contribution in [0.25, 0.3) is 0 Å². The van der Waals surface area contributed by atoms with Gasteiger partial charge in [-0.15, -0.1) is 0 Å². The molecule has 0 spiro atoms. The van der Waals surface area contributed by atoms with Crippen LogP contribution >= 0.6 is 0 Å². The van der Waals surface area contributed by atoms with E-state index >= 15 is 0 Å². The highest BCUT2D eigenvalue weighted by Crippen LogP contribution is 2.26. The number of halogens is 1. The number of rotatable bonds is 4. The van der Waals surface area contributed by atoms with E-state index in [9.17, 15) is 14.3 Å². The number of carboxylic acids is 1. The zero-order chi connectivity index (χ0) is 15.6. The predicted molar refractivity (Wildman–Crippen MR) is 81.1 cm³/mol. The van der Waals surface area contributed by atoms with E-state index in [0.717, 1.165) is 16.8 Å². The summed E-state index contributed by atoms with van der Waals surface area (Å²) in [5.41, 5.74) is 8.56. The first-order chi connectivity index (χ1) is 9.88. The summed E-state index contributed by atoms with van der Waals surface area (Å²) in [5.74, 6) is -1.33. The lowest BCUT2D eigenvalue weighted by Gasteiger charge is -2.21. The van der Waals surface area contributed by atoms with Gasteiger partial charge in [-0.2, -0.15) is 0 Å². The summed E-state index contributed by atoms with van der Waals surface area (Å²) in [6.45, 7) is 2.32. The van der Waals surface area contributed by atoms with Crippen LogP contribution in [0.1, 0.15) is 21.5 Å². The molecule has 0 aromatic heterocycles. The van der Waals surface area contributed by atoms with E-state index in [1.54, 1.807) is 25.1 Å². The zero-order valence-electron chi connectivity index (χ0n) is 11.9. The molecule has 2 rings (SSSR count). The van der Waals surface area contributed by atoms with Gasteiger partial charge in [0.2, 0.25) is 0 Å². The molecule has 0 aliphatic rings. The number of nitrogen functional groups attached to an aromatic ring is 1. The fourth-order valence-electron chi connectivity index (χ4n) is 2.13. The maximum Gasteiger partial charge on any atom is 0.337 e. The molecule has 0 atom stereocenters. The van der Waals surface area contributed by atoms with Crippen molar-refractivity contribution in [2.45, 2.75) is 13.5 Å². The molecule has 0 unspecified atom stereocenters. The van der Waals surface area contributed by atoms with E-state index in [-0.39, 0.29) is 17.1 Å². The number of aryl methyl sites for hydroxylation is 1. The van der Waals surface area contributed by atoms with E-state index in [0.29, 0.717) is 6.54 Å². The molecule has 0 amide bonds. The first-order valence-electron chi connectivity index (χ1n) is 6.47. The van der Waals surface area contributed by atoms with Crippen molar-refractivity contribution in [1.82, 2.24) is 0 Å². The number of hydrogen-bond acceptors (Lipinski definition) is 3. The van der Waals surface area contributed by atoms with Gasteiger partial charge < -0.3 is 15.7 Å². The number of anilines is 2. The van der Waals surface area contributed by atoms with E-state index in [1.165, 1.54) is 12.1 Å². The standard InChI is InChI=1S/C16H17FN2O2/c1-10-7-13(8-14(15(10)18)16(20)21)19(2)9-11-3-5-12(17)6-4-11/h3-8H,9,18H2,1-2H3,(H,20,21). The van der Waals surface area contributed by atoms with E-state index in [4.69, 9.17) is 5.73 Å². The van der Waals surface area contributed by atoms with Crippen LogP contribution in [-0.2, 0) is 6.54 Å². The summed E-state index contributed by atoms with van der Waals surface area (Å²) in [7, 11) is 1.85. The van der Waals surface area contributed by atoms with Crippen molar-refractivity contribution in [1.29, 1.82) is 0 Å². The maximum atomic E-state index is 12.9. The molecule has 0 heterocycles. The molecule has 5 heteroatoms. The van der Waals surface area contributed by atoms with Crippen LogP contribution in [0.5, 0.6) is 0 Å². The molecule has 110 valence electrons. The lowest BCUT2D eigenvalue weighted by molar-refractivity contribution is 0.0698. The van der Waals surface area contributed by atoms with Crippen molar-refractivity contribution in [3.8, 4) is 0 Å². The number of aromatic carboxylic acids is 1. The lowest BCUT2D eigenvalue weighted by atomic mass is 10.1. The highest BCUT2D eigenvalue weighted by Gasteiger charge is 2.13. The quantitative estimate of drug-likeness (QED) is 0.849. The molecule has 3 N–H and O–H groups in total. The van der Waals surface area contributed by atoms with Gasteiger partial charge in [0.1, 0.15) is 5.82 Å². The molecule has 0 aliphatic carbocycles. The smallest absolute Gasteiger partial charge is 0.337 e. The molecular weight excluding hydrogens is 271 g/mol. The van der Waals surface area contributed by atoms with E-state index in [2.05, 4.69) is 0 Å². The average molecular weight is 288 g/mol. The first-order valence-corrected chi connectivity index (χ1v) is 6.47. The Bertz CT molecular complexity index is 669. The summed E-state index contributed by atoms with van der Waals surface area (Å²) in [6, 6.07) is 9.60. The maximum absolute atomic E-state index is 12.9. The Morgan fingerprint density at radius 2 is 1.90 bits per heavy atom. The highest BCUT2D eigenvalue weighted by molar-refractivity contribution is 5.95. The number of carboxylic acid groups (broad SMARTS) is 1. The minimum atomic E-state index is -1.05. The molecule has 4 nitrogen and oxygen atoms in total. The number of hydrogen-bond donors (Lipinski definition) is 2. The minimum absolute atomic E-state index is 0.0935. The van der Waals surface area contributed by atoms with Crippen molar-refractivity contribution in [2.24, 2.45) is 0 Å². The third-order valence-electron chi connectivity index (χ3n) is 3.38. The second-order valence-corrected chi connectivity index (χ2v) is 5.01. The Kier molecular flexibility index (Phi) is 4.12. The monoisotopic (exact) mass is 288 g/mol. The molecular formula is C16H17FN2O2. The molecule has 21 heavy (non-hydrogen) atoms. The Hall–Kier alpha value is -2.56. The fourth-order valence-corrected chi connectivity index (χ4v) is 2.13. The molecule has 2 aromatic carbocycles. The molecule has 2 aromatic rings. The van der Waals surface area contributed by atoms with Crippen molar-refractivity contribution in [2.75, 3.05) is 17.7 Å². The minimum Gasteiger partial charge on any atom is -0.478 e. The van der Waals surface area contributed by atoms with Crippen LogP contribution in [0.3, 0.4) is 0 Å². The third kappa shape index (κ3) is 3.31. The van der Waals surface area contributed by atoms with Gasteiger partial charge >= 0.3 is 5.97 Å². The molecule has 0 saturated carbocycles. The van der Waals surface area contributed by atoms with Crippen molar-refractivity contribution in [3.05, 3.63) is 58.9 Å². The number of carbonyl (C=O) groups is 1. The number of nitrogens with zero attached hydrogens (tertiary/aromatic N) is 1. The third-order valence-corrected chi connectivity index (χ3v) is 3.38. The molecule has 0 fully saturated rings. The van der Waals surface area contributed by atoms with Gasteiger partial charge in [-0.05, 0) is 42.3 Å². The SMILES string of the molecule is Cc1cc(N(C)Cc2ccc(F)cc2)cc(C(=O)O)c1N. The van der Waals surface area contributed by atoms with Crippen LogP contribution in [-0.4, -0.2) is 18.1 Å². The number of benzene rings is 2. The summed E-state index contributed by atoms with van der Waals surface area (Å²) >= 11 is 0. The first kappa shape index (κ1) is 14.8. The Morgan fingerprint density at radius 1 is 1.29 bits per heavy atom. The van der Waals surface area contributed by atoms with Gasteiger partial charge in [0.15, 0.2) is 0 Å². The molecule has 0 radical (unpaired) electrons. The highest BCUT2D eigenvalue weighted by atomic mass is 19.1. The van der Waals surface area contributed by atoms with Gasteiger partial charge in [-0.3, -0.25) is 0 Å². The fraction of sp³-hybridized carbons (Fsp3) is 0.188. The average Bonchev–Trinajstić information content (AvgIpc) is 2.43. The predicted octanol–water partition coefficient (Wildman–Crippen LogP) is 3.05. The van der Waals surface area contributed by atoms with Crippen LogP contribution in [0.4, 0.5) is 15.8 Å². The second kappa shape index (κ2) is 5.83. The van der Waals surface area contributed by atoms with Crippen LogP contribution in [0, 0.1) is 12.7 Å². The summed E-state index contributed by atoms with van der Waals surface area (Å²) in [5, 5.41) is 9.18. The van der Waals surface area contributed by atoms with Crippen LogP contribution in [0.2, 0.25) is 0 Å². The van der Waals surface area contributed by atoms with Gasteiger partial charge in [-0.1, -0.05) is 12.1 Å². The molecule has 0 bridgehead atoms. The number of nitrogens with two attached hydrogens (primary N) is 1. The summed E-state index contributed by atoms with van der Waals surface area (Å²) in [4.78, 5) is 13.1. The van der Waals surface area contributed by atoms with Crippen molar-refractivity contribution in [3.63, 3.8) is 0 Å². The Morgan fingerprint density at radius 3 is 2.48 bits per heavy atom. The lowest BCUT2D eigenvalue weighted by Crippen LogP contribution is -2.18. The van der Waals surface area contributed by atoms with Gasteiger partial charge in [-0.25, -0.2) is 9.18 Å². The van der Waals surface area contributed by atoms with Crippen molar-refractivity contribution >= 4 is 17.3 Å². The van der Waals surface area contributed by atoms with E-state index in [1.807, 2.05) is 18.0 Å². The molecule has 0 saturated heterocycles. The summed E-state index contributed by atoms with van der Waals surface area (Å²) in [6.07, 6.45) is 0. The van der Waals surface area contributed by atoms with Gasteiger partial charge in [0, 0.05) is 25.0 Å². The molecule has 0 aliphatic heterocycles. The van der Waals surface area contributed by atoms with Crippen LogP contribution < -0.4 is 10.6 Å². The normalized spacial score (nSPS) is 10.4. The topological polar surface area (TPSA) is 66.6 Å². The summed E-state index contributed by atoms with van der Waals surface area (Å²) < 4.78 is 12.9. The largest absolute Gasteiger partial charge is 0.478 e. The Labute approximate surface area is 122 Å². The van der Waals surface area contributed by atoms with Crippen LogP contribution in [0.15, 0.2) is 36.4 Å². The van der Waals surface area contributed by atoms with Crippen molar-refractivity contribution < 1.29 is 14.3 Å². The van der Waals surface area contributed by atoms with E-state index < -0.39 is 5.97 Å². The Balaban J connectivity index is 2.28. The van der Waals surface area contributed by atoms with Gasteiger partial charge in [0.05, 0.1) is 5.56 Å². The van der Waals surface area contributed by atoms with Gasteiger partial charge in [0.25, 0.3) is 0 Å².